The molecule has 1 heterocycles. The van der Waals surface area contributed by atoms with Gasteiger partial charge in [0.15, 0.2) is 0 Å². The normalized spacial score (nSPS) is 8.40. The molecule has 1 aromatic heterocycles. The Balaban J connectivity index is 0.000000810. The first-order valence-electron chi connectivity index (χ1n) is 2.21. The maximum absolute atomic E-state index is 5.14. The molecule has 0 aliphatic rings. The molecule has 0 spiro atoms. The fraction of sp³-hybridized carbons (Fsp3) is 0. The molecule has 0 atom stereocenters. The van der Waals surface area contributed by atoms with Crippen LogP contribution in [0.4, 0.5) is 17.8 Å². The largest absolute Gasteiger partial charge is 0.368 e. The Hall–Kier alpha value is -1.06. The van der Waals surface area contributed by atoms with Gasteiger partial charge in [0.25, 0.3) is 0 Å². The Morgan fingerprint density at radius 3 is 1.10 bits per heavy atom. The molecule has 1 rings (SSSR count). The average molecular weight is 178 g/mol. The van der Waals surface area contributed by atoms with Gasteiger partial charge in [0.1, 0.15) is 0 Å². The summed E-state index contributed by atoms with van der Waals surface area (Å²) in [6.45, 7) is 0. The van der Waals surface area contributed by atoms with Crippen molar-refractivity contribution < 1.29 is 17.4 Å². The van der Waals surface area contributed by atoms with Crippen molar-refractivity contribution in [2.24, 2.45) is 0 Å². The predicted octanol–water partition coefficient (Wildman–Crippen LogP) is -1.38. The third kappa shape index (κ3) is 2.05. The molecule has 0 aliphatic heterocycles. The molecule has 7 heteroatoms. The van der Waals surface area contributed by atoms with Crippen molar-refractivity contribution in [2.75, 3.05) is 17.2 Å². The van der Waals surface area contributed by atoms with Crippen LogP contribution in [0.2, 0.25) is 0 Å². The van der Waals surface area contributed by atoms with Crippen molar-refractivity contribution >= 4 is 17.8 Å². The van der Waals surface area contributed by atoms with Crippen molar-refractivity contribution in [2.45, 2.75) is 0 Å². The SMILES string of the molecule is Nc1nc(N)nc(N)n1.[Cr]. The molecule has 0 unspecified atom stereocenters. The van der Waals surface area contributed by atoms with Crippen LogP contribution in [-0.4, -0.2) is 15.0 Å². The Bertz CT molecular complexity index is 174. The molecule has 6 nitrogen and oxygen atoms in total. The third-order valence-electron chi connectivity index (χ3n) is 0.687. The molecule has 10 heavy (non-hydrogen) atoms. The molecule has 0 saturated heterocycles. The van der Waals surface area contributed by atoms with E-state index in [1.807, 2.05) is 0 Å². The van der Waals surface area contributed by atoms with E-state index in [1.54, 1.807) is 0 Å². The molecule has 6 N–H and O–H groups in total. The molecule has 0 aromatic carbocycles. The maximum Gasteiger partial charge on any atom is 0.226 e. The first-order valence-corrected chi connectivity index (χ1v) is 2.21. The Labute approximate surface area is 68.0 Å². The summed E-state index contributed by atoms with van der Waals surface area (Å²) in [5.41, 5.74) is 15.4. The van der Waals surface area contributed by atoms with Gasteiger partial charge in [-0.25, -0.2) is 0 Å². The van der Waals surface area contributed by atoms with Crippen LogP contribution in [0.5, 0.6) is 0 Å². The van der Waals surface area contributed by atoms with Gasteiger partial charge in [-0.15, -0.1) is 0 Å². The van der Waals surface area contributed by atoms with Gasteiger partial charge >= 0.3 is 0 Å². The summed E-state index contributed by atoms with van der Waals surface area (Å²) in [4.78, 5) is 10.5. The molecule has 0 aliphatic carbocycles. The zero-order valence-corrected chi connectivity index (χ0v) is 6.26. The van der Waals surface area contributed by atoms with E-state index >= 15 is 0 Å². The summed E-state index contributed by atoms with van der Waals surface area (Å²) in [5.74, 6) is 0.125. The van der Waals surface area contributed by atoms with Gasteiger partial charge in [-0.2, -0.15) is 15.0 Å². The van der Waals surface area contributed by atoms with Crippen LogP contribution in [-0.2, 0) is 17.4 Å². The van der Waals surface area contributed by atoms with E-state index in [1.165, 1.54) is 0 Å². The smallest absolute Gasteiger partial charge is 0.226 e. The van der Waals surface area contributed by atoms with Gasteiger partial charge in [0.05, 0.1) is 0 Å². The second-order valence-corrected chi connectivity index (χ2v) is 1.41. The Morgan fingerprint density at radius 1 is 0.700 bits per heavy atom. The number of anilines is 3. The van der Waals surface area contributed by atoms with Crippen LogP contribution < -0.4 is 17.2 Å². The zero-order valence-electron chi connectivity index (χ0n) is 4.98. The van der Waals surface area contributed by atoms with E-state index in [9.17, 15) is 0 Å². The van der Waals surface area contributed by atoms with Crippen molar-refractivity contribution in [1.82, 2.24) is 15.0 Å². The van der Waals surface area contributed by atoms with Crippen LogP contribution in [0, 0.1) is 0 Å². The van der Waals surface area contributed by atoms with E-state index < -0.39 is 0 Å². The van der Waals surface area contributed by atoms with Crippen molar-refractivity contribution in [1.29, 1.82) is 0 Å². The number of nitrogens with two attached hydrogens (primary N) is 3. The fourth-order valence-corrected chi connectivity index (χ4v) is 0.427. The molecule has 0 saturated carbocycles. The first kappa shape index (κ1) is 8.94. The van der Waals surface area contributed by atoms with Crippen LogP contribution in [0.1, 0.15) is 0 Å². The van der Waals surface area contributed by atoms with Crippen LogP contribution in [0.3, 0.4) is 0 Å². The minimum absolute atomic E-state index is 0. The number of nitrogens with zero attached hydrogens (tertiary/aromatic N) is 3. The van der Waals surface area contributed by atoms with Gasteiger partial charge in [0.2, 0.25) is 17.8 Å². The Kier molecular flexibility index (Phi) is 2.86. The van der Waals surface area contributed by atoms with E-state index in [2.05, 4.69) is 15.0 Å². The third-order valence-corrected chi connectivity index (χ3v) is 0.687. The van der Waals surface area contributed by atoms with E-state index in [0.717, 1.165) is 0 Å². The van der Waals surface area contributed by atoms with Crippen molar-refractivity contribution in [3.63, 3.8) is 0 Å². The van der Waals surface area contributed by atoms with Gasteiger partial charge in [-0.05, 0) is 0 Å². The topological polar surface area (TPSA) is 117 Å². The van der Waals surface area contributed by atoms with Gasteiger partial charge in [0, 0.05) is 17.4 Å². The minimum atomic E-state index is 0. The second-order valence-electron chi connectivity index (χ2n) is 1.41. The summed E-state index contributed by atoms with van der Waals surface area (Å²) in [6.07, 6.45) is 0. The average Bonchev–Trinajstić information content (AvgIpc) is 1.59. The summed E-state index contributed by atoms with van der Waals surface area (Å²) in [7, 11) is 0. The zero-order chi connectivity index (χ0) is 6.85. The number of aromatic nitrogens is 3. The van der Waals surface area contributed by atoms with Gasteiger partial charge < -0.3 is 17.2 Å². The van der Waals surface area contributed by atoms with E-state index in [4.69, 9.17) is 17.2 Å². The van der Waals surface area contributed by atoms with E-state index in [-0.39, 0.29) is 35.2 Å². The summed E-state index contributed by atoms with van der Waals surface area (Å²) < 4.78 is 0. The summed E-state index contributed by atoms with van der Waals surface area (Å²) >= 11 is 0. The number of hydrogen-bond acceptors (Lipinski definition) is 6. The van der Waals surface area contributed by atoms with Crippen molar-refractivity contribution in [3.8, 4) is 0 Å². The molecule has 0 amide bonds. The van der Waals surface area contributed by atoms with Crippen LogP contribution >= 0.6 is 0 Å². The first-order chi connectivity index (χ1) is 4.18. The molecule has 0 fully saturated rings. The molecular formula is C3H6CrN6. The standard InChI is InChI=1S/C3H6N6.Cr/c4-1-7-2(5)9-3(6)8-1;/h(H6,4,5,6,7,8,9);. The molecule has 54 valence electrons. The second kappa shape index (κ2) is 3.20. The Morgan fingerprint density at radius 2 is 0.900 bits per heavy atom. The summed E-state index contributed by atoms with van der Waals surface area (Å²) in [5, 5.41) is 0. The van der Waals surface area contributed by atoms with Gasteiger partial charge in [-0.1, -0.05) is 0 Å². The van der Waals surface area contributed by atoms with E-state index in [0.29, 0.717) is 0 Å². The van der Waals surface area contributed by atoms with Gasteiger partial charge in [-0.3, -0.25) is 0 Å². The van der Waals surface area contributed by atoms with Crippen LogP contribution in [0.15, 0.2) is 0 Å². The quantitative estimate of drug-likeness (QED) is 0.450. The predicted molar refractivity (Wildman–Crippen MR) is 33.1 cm³/mol. The fourth-order valence-electron chi connectivity index (χ4n) is 0.427. The van der Waals surface area contributed by atoms with Crippen molar-refractivity contribution in [3.05, 3.63) is 0 Å². The maximum atomic E-state index is 5.14. The minimum Gasteiger partial charge on any atom is -0.368 e. The number of rotatable bonds is 0. The molecular weight excluding hydrogens is 172 g/mol. The number of nitrogen functional groups attached to an aromatic ring is 3. The molecule has 0 bridgehead atoms. The monoisotopic (exact) mass is 178 g/mol. The summed E-state index contributed by atoms with van der Waals surface area (Å²) in [6, 6.07) is 0. The number of hydrogen-bond donors (Lipinski definition) is 3. The van der Waals surface area contributed by atoms with Crippen LogP contribution in [0.25, 0.3) is 0 Å². The molecule has 0 radical (unpaired) electrons. The molecule has 1 aromatic rings.